The zero-order valence-electron chi connectivity index (χ0n) is 8.82. The van der Waals surface area contributed by atoms with Gasteiger partial charge < -0.3 is 9.84 Å². The first-order valence-electron chi connectivity index (χ1n) is 4.35. The molecular formula is C9H6F3NO5. The van der Waals surface area contributed by atoms with E-state index < -0.39 is 39.6 Å². The summed E-state index contributed by atoms with van der Waals surface area (Å²) in [6, 6.07) is 1.04. The first-order valence-corrected chi connectivity index (χ1v) is 4.35. The molecule has 0 fully saturated rings. The Kier molecular flexibility index (Phi) is 3.44. The Morgan fingerprint density at radius 1 is 1.44 bits per heavy atom. The van der Waals surface area contributed by atoms with E-state index in [1.807, 2.05) is 0 Å². The van der Waals surface area contributed by atoms with Gasteiger partial charge in [0, 0.05) is 6.07 Å². The Labute approximate surface area is 97.7 Å². The van der Waals surface area contributed by atoms with Crippen molar-refractivity contribution in [2.24, 2.45) is 0 Å². The fourth-order valence-electron chi connectivity index (χ4n) is 1.30. The highest BCUT2D eigenvalue weighted by atomic mass is 19.4. The zero-order valence-corrected chi connectivity index (χ0v) is 8.82. The van der Waals surface area contributed by atoms with Crippen LogP contribution >= 0.6 is 0 Å². The van der Waals surface area contributed by atoms with Crippen LogP contribution in [-0.4, -0.2) is 23.1 Å². The van der Waals surface area contributed by atoms with E-state index in [-0.39, 0.29) is 0 Å². The number of nitro benzene ring substituents is 1. The van der Waals surface area contributed by atoms with Gasteiger partial charge >= 0.3 is 12.1 Å². The summed E-state index contributed by atoms with van der Waals surface area (Å²) < 4.78 is 42.3. The van der Waals surface area contributed by atoms with Gasteiger partial charge in [0.1, 0.15) is 16.9 Å². The normalized spacial score (nSPS) is 11.1. The van der Waals surface area contributed by atoms with Crippen LogP contribution in [0.25, 0.3) is 0 Å². The van der Waals surface area contributed by atoms with Crippen LogP contribution in [0.2, 0.25) is 0 Å². The van der Waals surface area contributed by atoms with Crippen molar-refractivity contribution in [1.29, 1.82) is 0 Å². The molecule has 0 amide bonds. The number of hydrogen-bond acceptors (Lipinski definition) is 4. The van der Waals surface area contributed by atoms with E-state index in [9.17, 15) is 28.1 Å². The number of nitrogens with zero attached hydrogens (tertiary/aromatic N) is 1. The van der Waals surface area contributed by atoms with E-state index in [1.165, 1.54) is 0 Å². The molecule has 0 saturated heterocycles. The van der Waals surface area contributed by atoms with Gasteiger partial charge in [-0.25, -0.2) is 4.79 Å². The number of halogens is 3. The van der Waals surface area contributed by atoms with Crippen LogP contribution in [0.1, 0.15) is 15.9 Å². The predicted octanol–water partition coefficient (Wildman–Crippen LogP) is 2.32. The van der Waals surface area contributed by atoms with E-state index in [2.05, 4.69) is 4.74 Å². The van der Waals surface area contributed by atoms with Gasteiger partial charge in [-0.15, -0.1) is 0 Å². The van der Waals surface area contributed by atoms with Crippen LogP contribution in [0.4, 0.5) is 18.9 Å². The Bertz CT molecular complexity index is 512. The van der Waals surface area contributed by atoms with Crippen molar-refractivity contribution in [3.8, 4) is 5.75 Å². The molecule has 18 heavy (non-hydrogen) atoms. The van der Waals surface area contributed by atoms with Crippen LogP contribution in [0, 0.1) is 10.1 Å². The van der Waals surface area contributed by atoms with Crippen LogP contribution in [-0.2, 0) is 6.18 Å². The summed E-state index contributed by atoms with van der Waals surface area (Å²) in [5.74, 6) is -2.27. The molecule has 0 radical (unpaired) electrons. The van der Waals surface area contributed by atoms with Crippen molar-refractivity contribution < 1.29 is 32.7 Å². The van der Waals surface area contributed by atoms with Crippen molar-refractivity contribution >= 4 is 11.7 Å². The fourth-order valence-corrected chi connectivity index (χ4v) is 1.30. The second kappa shape index (κ2) is 4.51. The predicted molar refractivity (Wildman–Crippen MR) is 51.6 cm³/mol. The minimum Gasteiger partial charge on any atom is -0.497 e. The molecule has 0 aliphatic carbocycles. The zero-order chi connectivity index (χ0) is 14.1. The van der Waals surface area contributed by atoms with Gasteiger partial charge in [-0.2, -0.15) is 13.2 Å². The number of rotatable bonds is 3. The summed E-state index contributed by atoms with van der Waals surface area (Å²) in [4.78, 5) is 20.0. The summed E-state index contributed by atoms with van der Waals surface area (Å²) in [5.41, 5.74) is -4.24. The topological polar surface area (TPSA) is 89.7 Å². The van der Waals surface area contributed by atoms with E-state index in [4.69, 9.17) is 5.11 Å². The number of carbonyl (C=O) groups is 1. The second-order valence-electron chi connectivity index (χ2n) is 3.13. The number of ether oxygens (including phenoxy) is 1. The van der Waals surface area contributed by atoms with Crippen LogP contribution < -0.4 is 4.74 Å². The van der Waals surface area contributed by atoms with E-state index >= 15 is 0 Å². The summed E-state index contributed by atoms with van der Waals surface area (Å²) >= 11 is 0. The Balaban J connectivity index is 3.71. The molecule has 0 atom stereocenters. The van der Waals surface area contributed by atoms with Crippen LogP contribution in [0.5, 0.6) is 5.75 Å². The van der Waals surface area contributed by atoms with Crippen molar-refractivity contribution in [2.45, 2.75) is 6.18 Å². The number of methoxy groups -OCH3 is 1. The molecule has 1 N–H and O–H groups in total. The highest BCUT2D eigenvalue weighted by Crippen LogP contribution is 2.40. The van der Waals surface area contributed by atoms with Gasteiger partial charge in [0.15, 0.2) is 0 Å². The fraction of sp³-hybridized carbons (Fsp3) is 0.222. The number of carboxylic acids is 1. The second-order valence-corrected chi connectivity index (χ2v) is 3.13. The molecule has 0 aromatic heterocycles. The van der Waals surface area contributed by atoms with Gasteiger partial charge in [0.2, 0.25) is 0 Å². The van der Waals surface area contributed by atoms with Gasteiger partial charge in [0.25, 0.3) is 5.69 Å². The standard InChI is InChI=1S/C9H6F3NO5/c1-18-4-2-5(8(14)15)7(13(16)17)6(3-4)9(10,11)12/h2-3H,1H3,(H,14,15). The Hall–Kier alpha value is -2.32. The van der Waals surface area contributed by atoms with Gasteiger partial charge in [-0.05, 0) is 6.07 Å². The van der Waals surface area contributed by atoms with Crippen molar-refractivity contribution in [2.75, 3.05) is 7.11 Å². The molecule has 0 unspecified atom stereocenters. The molecule has 0 aliphatic rings. The van der Waals surface area contributed by atoms with Crippen LogP contribution in [0.15, 0.2) is 12.1 Å². The van der Waals surface area contributed by atoms with Gasteiger partial charge in [-0.3, -0.25) is 10.1 Å². The lowest BCUT2D eigenvalue weighted by Crippen LogP contribution is -2.13. The number of carboxylic acid groups (broad SMARTS) is 1. The smallest absolute Gasteiger partial charge is 0.423 e. The molecule has 0 saturated carbocycles. The molecule has 1 rings (SSSR count). The highest BCUT2D eigenvalue weighted by Gasteiger charge is 2.42. The maximum Gasteiger partial charge on any atom is 0.423 e. The molecule has 9 heteroatoms. The molecule has 0 bridgehead atoms. The molecule has 1 aromatic carbocycles. The first-order chi connectivity index (χ1) is 8.18. The summed E-state index contributed by atoms with van der Waals surface area (Å²) in [7, 11) is 1.02. The number of alkyl halides is 3. The monoisotopic (exact) mass is 265 g/mol. The SMILES string of the molecule is COc1cc(C(=O)O)c([N+](=O)[O-])c(C(F)(F)F)c1. The lowest BCUT2D eigenvalue weighted by Gasteiger charge is -2.11. The van der Waals surface area contributed by atoms with Crippen molar-refractivity contribution in [1.82, 2.24) is 0 Å². The van der Waals surface area contributed by atoms with E-state index in [1.54, 1.807) is 0 Å². The maximum atomic E-state index is 12.6. The van der Waals surface area contributed by atoms with E-state index in [0.717, 1.165) is 7.11 Å². The summed E-state index contributed by atoms with van der Waals surface area (Å²) in [5, 5.41) is 19.3. The molecule has 0 spiro atoms. The van der Waals surface area contributed by atoms with Gasteiger partial charge in [0.05, 0.1) is 12.0 Å². The molecule has 6 nitrogen and oxygen atoms in total. The molecule has 0 aliphatic heterocycles. The molecule has 98 valence electrons. The quantitative estimate of drug-likeness (QED) is 0.669. The lowest BCUT2D eigenvalue weighted by atomic mass is 10.1. The minimum absolute atomic E-state index is 0.380. The van der Waals surface area contributed by atoms with Crippen LogP contribution in [0.3, 0.4) is 0 Å². The first kappa shape index (κ1) is 13.7. The molecular weight excluding hydrogens is 259 g/mol. The highest BCUT2D eigenvalue weighted by molar-refractivity contribution is 5.93. The maximum absolute atomic E-state index is 12.6. The third-order valence-electron chi connectivity index (χ3n) is 2.04. The number of hydrogen-bond donors (Lipinski definition) is 1. The lowest BCUT2D eigenvalue weighted by molar-refractivity contribution is -0.388. The average Bonchev–Trinajstić information content (AvgIpc) is 2.25. The molecule has 0 heterocycles. The molecule has 1 aromatic rings. The van der Waals surface area contributed by atoms with E-state index in [0.29, 0.717) is 12.1 Å². The van der Waals surface area contributed by atoms with Crippen molar-refractivity contribution in [3.63, 3.8) is 0 Å². The Morgan fingerprint density at radius 3 is 2.33 bits per heavy atom. The average molecular weight is 265 g/mol. The summed E-state index contributed by atoms with van der Waals surface area (Å²) in [6.07, 6.45) is -5.05. The van der Waals surface area contributed by atoms with Gasteiger partial charge in [-0.1, -0.05) is 0 Å². The largest absolute Gasteiger partial charge is 0.497 e. The minimum atomic E-state index is -5.05. The summed E-state index contributed by atoms with van der Waals surface area (Å²) in [6.45, 7) is 0. The number of aromatic carboxylic acids is 1. The third-order valence-corrected chi connectivity index (χ3v) is 2.04. The third kappa shape index (κ3) is 2.50. The Morgan fingerprint density at radius 2 is 2.00 bits per heavy atom. The van der Waals surface area contributed by atoms with Crippen molar-refractivity contribution in [3.05, 3.63) is 33.4 Å². The number of benzene rings is 1. The number of nitro groups is 1.